The van der Waals surface area contributed by atoms with Crippen molar-refractivity contribution in [1.29, 1.82) is 0 Å². The van der Waals surface area contributed by atoms with E-state index >= 15 is 0 Å². The van der Waals surface area contributed by atoms with Gasteiger partial charge in [-0.15, -0.1) is 0 Å². The summed E-state index contributed by atoms with van der Waals surface area (Å²) >= 11 is 0. The number of esters is 4. The van der Waals surface area contributed by atoms with Gasteiger partial charge in [0.15, 0.2) is 12.2 Å². The molecule has 0 radical (unpaired) electrons. The van der Waals surface area contributed by atoms with E-state index < -0.39 is 97.5 Å². The van der Waals surface area contributed by atoms with Crippen LogP contribution in [0, 0.1) is 17.8 Å². The monoisotopic (exact) mass is 1350 g/mol. The Labute approximate surface area is 562 Å². The fourth-order valence-corrected chi connectivity index (χ4v) is 12.6. The van der Waals surface area contributed by atoms with Gasteiger partial charge < -0.3 is 33.8 Å². The summed E-state index contributed by atoms with van der Waals surface area (Å²) in [6.45, 7) is 11.8. The van der Waals surface area contributed by atoms with E-state index in [1.165, 1.54) is 167 Å². The number of rotatable bonds is 71. The first kappa shape index (κ1) is 90.1. The molecule has 0 heterocycles. The van der Waals surface area contributed by atoms with Gasteiger partial charge in [0.25, 0.3) is 0 Å². The largest absolute Gasteiger partial charge is 0.472 e. The molecule has 0 aliphatic rings. The number of aliphatic hydroxyl groups excluding tert-OH is 1. The number of hydrogen-bond acceptors (Lipinski definition) is 15. The Bertz CT molecular complexity index is 1800. The third kappa shape index (κ3) is 65.4. The number of hydrogen-bond donors (Lipinski definition) is 3. The first-order chi connectivity index (χ1) is 44.3. The Morgan fingerprint density at radius 2 is 0.554 bits per heavy atom. The Kier molecular flexibility index (Phi) is 62.4. The first-order valence-corrected chi connectivity index (χ1v) is 40.9. The number of aliphatic hydroxyl groups is 1. The van der Waals surface area contributed by atoms with Crippen molar-refractivity contribution >= 4 is 39.5 Å². The minimum absolute atomic E-state index is 0.102. The molecule has 17 nitrogen and oxygen atoms in total. The van der Waals surface area contributed by atoms with Gasteiger partial charge in [-0.1, -0.05) is 318 Å². The second-order valence-electron chi connectivity index (χ2n) is 27.5. The summed E-state index contributed by atoms with van der Waals surface area (Å²) in [5.74, 6) is 0.192. The van der Waals surface area contributed by atoms with Crippen molar-refractivity contribution in [3.63, 3.8) is 0 Å². The second kappa shape index (κ2) is 63.8. The molecule has 0 spiro atoms. The summed E-state index contributed by atoms with van der Waals surface area (Å²) in [5.41, 5.74) is 0. The number of carbonyl (C=O) groups excluding carboxylic acids is 4. The maximum absolute atomic E-state index is 13.1. The van der Waals surface area contributed by atoms with Crippen molar-refractivity contribution in [3.8, 4) is 0 Å². The van der Waals surface area contributed by atoms with Gasteiger partial charge in [0.2, 0.25) is 0 Å². The summed E-state index contributed by atoms with van der Waals surface area (Å²) in [7, 11) is -9.90. The van der Waals surface area contributed by atoms with Crippen LogP contribution in [0.3, 0.4) is 0 Å². The zero-order chi connectivity index (χ0) is 68.0. The van der Waals surface area contributed by atoms with Gasteiger partial charge >= 0.3 is 39.5 Å². The van der Waals surface area contributed by atoms with Gasteiger partial charge in [-0.25, -0.2) is 9.13 Å². The van der Waals surface area contributed by atoms with E-state index in [1.807, 2.05) is 0 Å². The summed E-state index contributed by atoms with van der Waals surface area (Å²) in [4.78, 5) is 72.5. The van der Waals surface area contributed by atoms with Crippen LogP contribution in [0.4, 0.5) is 0 Å². The molecule has 3 unspecified atom stereocenters. The van der Waals surface area contributed by atoms with Crippen LogP contribution < -0.4 is 0 Å². The number of phosphoric acid groups is 2. The van der Waals surface area contributed by atoms with Gasteiger partial charge in [0, 0.05) is 25.7 Å². The molecule has 0 aliphatic heterocycles. The van der Waals surface area contributed by atoms with Crippen LogP contribution in [0.25, 0.3) is 0 Å². The predicted molar refractivity (Wildman–Crippen MR) is 372 cm³/mol. The molecule has 0 bridgehead atoms. The van der Waals surface area contributed by atoms with Crippen LogP contribution in [0.5, 0.6) is 0 Å². The molecule has 19 heteroatoms. The zero-order valence-corrected chi connectivity index (χ0v) is 61.8. The van der Waals surface area contributed by atoms with Crippen molar-refractivity contribution in [2.24, 2.45) is 17.8 Å². The van der Waals surface area contributed by atoms with Crippen LogP contribution in [0.1, 0.15) is 370 Å². The minimum atomic E-state index is -4.95. The molecule has 0 aromatic heterocycles. The molecular weight excluding hydrogens is 1210 g/mol. The van der Waals surface area contributed by atoms with Crippen LogP contribution in [0.2, 0.25) is 0 Å². The summed E-state index contributed by atoms with van der Waals surface area (Å²) in [5, 5.41) is 10.6. The van der Waals surface area contributed by atoms with E-state index in [0.717, 1.165) is 120 Å². The van der Waals surface area contributed by atoms with Crippen LogP contribution in [-0.4, -0.2) is 96.7 Å². The zero-order valence-electron chi connectivity index (χ0n) is 60.0. The Morgan fingerprint density at radius 1 is 0.315 bits per heavy atom. The lowest BCUT2D eigenvalue weighted by atomic mass is 10.00. The van der Waals surface area contributed by atoms with E-state index in [9.17, 15) is 43.2 Å². The fourth-order valence-electron chi connectivity index (χ4n) is 11.0. The lowest BCUT2D eigenvalue weighted by molar-refractivity contribution is -0.161. The standard InChI is InChI=1S/C73H142O17P2/c1-8-10-11-12-30-40-47-54-70(75)83-60-69(90-73(78)57-50-43-36-35-39-46-53-66(7)9-2)63-88-92(81,82)86-59-67(74)58-85-91(79,80)87-62-68(61-84-71(76)55-48-41-33-28-24-21-17-19-23-27-32-38-45-52-65(5)6)89-72(77)56-49-42-34-29-25-20-16-14-13-15-18-22-26-31-37-44-51-64(3)4/h64-69,74H,8-63H2,1-7H3,(H,79,80)(H,81,82)/t66?,67-,68-,69-/m1/s1. The normalized spacial score (nSPS) is 14.4. The lowest BCUT2D eigenvalue weighted by Gasteiger charge is -2.21. The van der Waals surface area contributed by atoms with Crippen LogP contribution in [-0.2, 0) is 65.4 Å². The average molecular weight is 1350 g/mol. The topological polar surface area (TPSA) is 237 Å². The Hall–Kier alpha value is -1.94. The molecule has 0 aromatic rings. The first-order valence-electron chi connectivity index (χ1n) is 37.9. The molecule has 6 atom stereocenters. The minimum Gasteiger partial charge on any atom is -0.462 e. The van der Waals surface area contributed by atoms with Crippen molar-refractivity contribution in [2.75, 3.05) is 39.6 Å². The van der Waals surface area contributed by atoms with E-state index in [-0.39, 0.29) is 25.7 Å². The molecule has 0 fully saturated rings. The van der Waals surface area contributed by atoms with Crippen molar-refractivity contribution < 1.29 is 80.2 Å². The number of ether oxygens (including phenoxy) is 4. The van der Waals surface area contributed by atoms with Crippen molar-refractivity contribution in [1.82, 2.24) is 0 Å². The highest BCUT2D eigenvalue weighted by Crippen LogP contribution is 2.45. The Morgan fingerprint density at radius 3 is 0.826 bits per heavy atom. The van der Waals surface area contributed by atoms with Gasteiger partial charge in [0.1, 0.15) is 19.3 Å². The summed E-state index contributed by atoms with van der Waals surface area (Å²) in [6.07, 6.45) is 48.8. The van der Waals surface area contributed by atoms with Gasteiger partial charge in [-0.05, 0) is 43.4 Å². The molecule has 92 heavy (non-hydrogen) atoms. The average Bonchev–Trinajstić information content (AvgIpc) is 1.55. The molecule has 0 aliphatic carbocycles. The van der Waals surface area contributed by atoms with Crippen LogP contribution >= 0.6 is 15.6 Å². The van der Waals surface area contributed by atoms with E-state index in [0.29, 0.717) is 25.7 Å². The predicted octanol–water partition coefficient (Wildman–Crippen LogP) is 21.0. The highest BCUT2D eigenvalue weighted by atomic mass is 31.2. The fraction of sp³-hybridized carbons (Fsp3) is 0.945. The van der Waals surface area contributed by atoms with E-state index in [1.54, 1.807) is 0 Å². The lowest BCUT2D eigenvalue weighted by Crippen LogP contribution is -2.30. The van der Waals surface area contributed by atoms with Crippen LogP contribution in [0.15, 0.2) is 0 Å². The molecule has 0 aromatic carbocycles. The molecule has 0 saturated heterocycles. The van der Waals surface area contributed by atoms with Crippen molar-refractivity contribution in [3.05, 3.63) is 0 Å². The smallest absolute Gasteiger partial charge is 0.462 e. The maximum Gasteiger partial charge on any atom is 0.472 e. The van der Waals surface area contributed by atoms with Gasteiger partial charge in [-0.3, -0.25) is 37.3 Å². The van der Waals surface area contributed by atoms with Gasteiger partial charge in [-0.2, -0.15) is 0 Å². The van der Waals surface area contributed by atoms with E-state index in [2.05, 4.69) is 48.5 Å². The van der Waals surface area contributed by atoms with Crippen molar-refractivity contribution in [2.45, 2.75) is 388 Å². The maximum atomic E-state index is 13.1. The third-order valence-corrected chi connectivity index (χ3v) is 19.1. The molecule has 3 N–H and O–H groups in total. The summed E-state index contributed by atoms with van der Waals surface area (Å²) < 4.78 is 68.3. The Balaban J connectivity index is 5.19. The highest BCUT2D eigenvalue weighted by molar-refractivity contribution is 7.47. The third-order valence-electron chi connectivity index (χ3n) is 17.2. The quantitative estimate of drug-likeness (QED) is 0.0222. The van der Waals surface area contributed by atoms with Gasteiger partial charge in [0.05, 0.1) is 26.4 Å². The highest BCUT2D eigenvalue weighted by Gasteiger charge is 2.30. The van der Waals surface area contributed by atoms with E-state index in [4.69, 9.17) is 37.0 Å². The number of unbranched alkanes of at least 4 members (excludes halogenated alkanes) is 38. The second-order valence-corrected chi connectivity index (χ2v) is 30.4. The molecule has 0 saturated carbocycles. The molecule has 0 amide bonds. The SMILES string of the molecule is CCCCCCCCCC(=O)OC[C@H](COP(=O)(O)OC[C@H](O)COP(=O)(O)OC[C@@H](COC(=O)CCCCCCCCCCCCCCCC(C)C)OC(=O)CCCCCCCCCCCCCCCCCCC(C)C)OC(=O)CCCCCCCCC(C)CC. The number of carbonyl (C=O) groups is 4. The molecule has 0 rings (SSSR count). The number of phosphoric ester groups is 2. The molecule has 546 valence electrons. The molecular formula is C73H142O17P2. The summed E-state index contributed by atoms with van der Waals surface area (Å²) in [6, 6.07) is 0.